The first-order chi connectivity index (χ1) is 15.2. The van der Waals surface area contributed by atoms with Crippen LogP contribution in [0.2, 0.25) is 0 Å². The zero-order valence-corrected chi connectivity index (χ0v) is 18.8. The lowest BCUT2D eigenvalue weighted by atomic mass is 9.99. The molecule has 6 nitrogen and oxygen atoms in total. The molecule has 0 bridgehead atoms. The van der Waals surface area contributed by atoms with Gasteiger partial charge in [0.1, 0.15) is 0 Å². The third-order valence-electron chi connectivity index (χ3n) is 6.59. The second-order valence-electron chi connectivity index (χ2n) is 8.76. The highest BCUT2D eigenvalue weighted by atomic mass is 16.5. The summed E-state index contributed by atoms with van der Waals surface area (Å²) >= 11 is 0. The normalized spacial score (nSPS) is 19.9. The van der Waals surface area contributed by atoms with Gasteiger partial charge in [-0.2, -0.15) is 4.98 Å². The van der Waals surface area contributed by atoms with Gasteiger partial charge in [-0.3, -0.25) is 4.79 Å². The van der Waals surface area contributed by atoms with Gasteiger partial charge in [-0.1, -0.05) is 36.8 Å². The lowest BCUT2D eigenvalue weighted by molar-refractivity contribution is -0.134. The van der Waals surface area contributed by atoms with E-state index in [9.17, 15) is 4.79 Å². The van der Waals surface area contributed by atoms with E-state index in [0.717, 1.165) is 42.8 Å². The Morgan fingerprint density at radius 2 is 1.77 bits per heavy atom. The van der Waals surface area contributed by atoms with Gasteiger partial charge in [-0.25, -0.2) is 4.98 Å². The number of aryl methyl sites for hydroxylation is 1. The number of hydrogen-bond donors (Lipinski definition) is 0. The quantitative estimate of drug-likeness (QED) is 0.707. The fraction of sp³-hybridized carbons (Fsp3) is 0.560. The van der Waals surface area contributed by atoms with Crippen molar-refractivity contribution in [2.24, 2.45) is 0 Å². The molecule has 0 aliphatic carbocycles. The molecule has 4 rings (SSSR count). The Morgan fingerprint density at radius 3 is 2.52 bits per heavy atom. The van der Waals surface area contributed by atoms with E-state index >= 15 is 0 Å². The summed E-state index contributed by atoms with van der Waals surface area (Å²) in [4.78, 5) is 27.4. The van der Waals surface area contributed by atoms with Gasteiger partial charge in [0.05, 0.1) is 13.5 Å². The molecular weight excluding hydrogens is 388 g/mol. The monoisotopic (exact) mass is 422 g/mol. The number of nitrogens with zero attached hydrogens (tertiary/aromatic N) is 4. The number of carbonyl (C=O) groups excluding carboxylic acids is 1. The molecule has 6 heteroatoms. The van der Waals surface area contributed by atoms with E-state index in [4.69, 9.17) is 9.72 Å². The van der Waals surface area contributed by atoms with Crippen molar-refractivity contribution in [2.75, 3.05) is 33.3 Å². The van der Waals surface area contributed by atoms with Crippen LogP contribution in [0, 0.1) is 6.92 Å². The van der Waals surface area contributed by atoms with Gasteiger partial charge in [0.2, 0.25) is 11.8 Å². The van der Waals surface area contributed by atoms with Crippen LogP contribution in [-0.2, 0) is 11.2 Å². The summed E-state index contributed by atoms with van der Waals surface area (Å²) in [6.07, 6.45) is 7.58. The number of rotatable bonds is 6. The standard InChI is InChI=1S/C25H34N4O2/c1-19-22(25(31-2)27-24(26-19)20-11-5-3-6-12-20)17-23(30)29-16-10-7-13-21(29)18-28-14-8-4-9-15-28/h3,5-6,11-12,21H,4,7-10,13-18H2,1-2H3. The SMILES string of the molecule is COc1nc(-c2ccccc2)nc(C)c1CC(=O)N1CCCCC1CN1CCCCC1. The van der Waals surface area contributed by atoms with Crippen LogP contribution in [-0.4, -0.2) is 65.0 Å². The number of ether oxygens (including phenoxy) is 1. The lowest BCUT2D eigenvalue weighted by Crippen LogP contribution is -2.50. The Morgan fingerprint density at radius 1 is 1.03 bits per heavy atom. The van der Waals surface area contributed by atoms with Crippen molar-refractivity contribution in [3.05, 3.63) is 41.6 Å². The van der Waals surface area contributed by atoms with Gasteiger partial charge < -0.3 is 14.5 Å². The van der Waals surface area contributed by atoms with Gasteiger partial charge in [0, 0.05) is 36.0 Å². The van der Waals surface area contributed by atoms with Crippen molar-refractivity contribution in [3.8, 4) is 17.3 Å². The topological polar surface area (TPSA) is 58.6 Å². The highest BCUT2D eigenvalue weighted by Crippen LogP contribution is 2.26. The van der Waals surface area contributed by atoms with E-state index in [1.807, 2.05) is 37.3 Å². The maximum atomic E-state index is 13.4. The van der Waals surface area contributed by atoms with Gasteiger partial charge in [0.15, 0.2) is 5.82 Å². The number of benzene rings is 1. The number of carbonyl (C=O) groups is 1. The molecule has 0 radical (unpaired) electrons. The highest BCUT2D eigenvalue weighted by Gasteiger charge is 2.30. The van der Waals surface area contributed by atoms with Gasteiger partial charge in [-0.05, 0) is 52.1 Å². The predicted octanol–water partition coefficient (Wildman–Crippen LogP) is 3.87. The second kappa shape index (κ2) is 10.2. The molecule has 1 aromatic heterocycles. The van der Waals surface area contributed by atoms with Crippen LogP contribution in [0.25, 0.3) is 11.4 Å². The molecular formula is C25H34N4O2. The third kappa shape index (κ3) is 5.24. The minimum atomic E-state index is 0.166. The minimum Gasteiger partial charge on any atom is -0.481 e. The molecule has 2 saturated heterocycles. The molecule has 166 valence electrons. The van der Waals surface area contributed by atoms with Crippen molar-refractivity contribution in [1.82, 2.24) is 19.8 Å². The zero-order valence-electron chi connectivity index (χ0n) is 18.8. The van der Waals surface area contributed by atoms with Crippen LogP contribution in [0.4, 0.5) is 0 Å². The molecule has 2 fully saturated rings. The summed E-state index contributed by atoms with van der Waals surface area (Å²) < 4.78 is 5.59. The maximum Gasteiger partial charge on any atom is 0.227 e. The largest absolute Gasteiger partial charge is 0.481 e. The van der Waals surface area contributed by atoms with Crippen molar-refractivity contribution >= 4 is 5.91 Å². The Bertz CT molecular complexity index is 881. The Balaban J connectivity index is 1.51. The first kappa shape index (κ1) is 21.8. The number of piperidine rings is 2. The fourth-order valence-electron chi connectivity index (χ4n) is 4.87. The van der Waals surface area contributed by atoms with E-state index in [1.54, 1.807) is 7.11 Å². The molecule has 1 unspecified atom stereocenters. The second-order valence-corrected chi connectivity index (χ2v) is 8.76. The summed E-state index contributed by atoms with van der Waals surface area (Å²) in [5, 5.41) is 0. The molecule has 3 heterocycles. The van der Waals surface area contributed by atoms with Gasteiger partial charge in [-0.15, -0.1) is 0 Å². The molecule has 2 aromatic rings. The van der Waals surface area contributed by atoms with Crippen molar-refractivity contribution in [1.29, 1.82) is 0 Å². The highest BCUT2D eigenvalue weighted by molar-refractivity contribution is 5.80. The van der Waals surface area contributed by atoms with Crippen LogP contribution in [0.15, 0.2) is 30.3 Å². The average molecular weight is 423 g/mol. The molecule has 1 aromatic carbocycles. The van der Waals surface area contributed by atoms with Crippen LogP contribution in [0.1, 0.15) is 49.8 Å². The third-order valence-corrected chi connectivity index (χ3v) is 6.59. The predicted molar refractivity (Wildman–Crippen MR) is 122 cm³/mol. The number of aromatic nitrogens is 2. The van der Waals surface area contributed by atoms with E-state index in [-0.39, 0.29) is 5.91 Å². The summed E-state index contributed by atoms with van der Waals surface area (Å²) in [7, 11) is 1.62. The van der Waals surface area contributed by atoms with Crippen LogP contribution in [0.5, 0.6) is 5.88 Å². The lowest BCUT2D eigenvalue weighted by Gasteiger charge is -2.40. The Kier molecular flexibility index (Phi) is 7.17. The maximum absolute atomic E-state index is 13.4. The molecule has 0 N–H and O–H groups in total. The minimum absolute atomic E-state index is 0.166. The molecule has 2 aliphatic rings. The summed E-state index contributed by atoms with van der Waals surface area (Å²) in [6.45, 7) is 6.13. The summed E-state index contributed by atoms with van der Waals surface area (Å²) in [5.74, 6) is 1.30. The number of hydrogen-bond acceptors (Lipinski definition) is 5. The molecule has 2 aliphatic heterocycles. The van der Waals surface area contributed by atoms with E-state index in [0.29, 0.717) is 24.2 Å². The number of amides is 1. The van der Waals surface area contributed by atoms with E-state index in [2.05, 4.69) is 14.8 Å². The summed E-state index contributed by atoms with van der Waals surface area (Å²) in [5.41, 5.74) is 2.55. The Hall–Kier alpha value is -2.47. The molecule has 0 saturated carbocycles. The first-order valence-corrected chi connectivity index (χ1v) is 11.6. The van der Waals surface area contributed by atoms with E-state index in [1.165, 1.54) is 38.8 Å². The summed E-state index contributed by atoms with van der Waals surface area (Å²) in [6, 6.07) is 10.2. The van der Waals surface area contributed by atoms with Crippen LogP contribution >= 0.6 is 0 Å². The van der Waals surface area contributed by atoms with E-state index < -0.39 is 0 Å². The molecule has 0 spiro atoms. The average Bonchev–Trinajstić information content (AvgIpc) is 2.81. The zero-order chi connectivity index (χ0) is 21.6. The first-order valence-electron chi connectivity index (χ1n) is 11.6. The van der Waals surface area contributed by atoms with Crippen LogP contribution < -0.4 is 4.74 Å². The molecule has 1 amide bonds. The van der Waals surface area contributed by atoms with Crippen molar-refractivity contribution in [3.63, 3.8) is 0 Å². The Labute approximate surface area is 185 Å². The fourth-order valence-corrected chi connectivity index (χ4v) is 4.87. The van der Waals surface area contributed by atoms with Gasteiger partial charge >= 0.3 is 0 Å². The van der Waals surface area contributed by atoms with Gasteiger partial charge in [0.25, 0.3) is 0 Å². The smallest absolute Gasteiger partial charge is 0.227 e. The number of methoxy groups -OCH3 is 1. The molecule has 31 heavy (non-hydrogen) atoms. The number of likely N-dealkylation sites (tertiary alicyclic amines) is 2. The van der Waals surface area contributed by atoms with Crippen molar-refractivity contribution in [2.45, 2.75) is 57.9 Å². The van der Waals surface area contributed by atoms with Crippen LogP contribution in [0.3, 0.4) is 0 Å². The molecule has 1 atom stereocenters. The van der Waals surface area contributed by atoms with Crippen molar-refractivity contribution < 1.29 is 9.53 Å².